The van der Waals surface area contributed by atoms with Crippen molar-refractivity contribution >= 4 is 29.3 Å². The van der Waals surface area contributed by atoms with E-state index in [-0.39, 0.29) is 24.4 Å². The lowest BCUT2D eigenvalue weighted by Crippen LogP contribution is -2.37. The van der Waals surface area contributed by atoms with Crippen LogP contribution in [0.1, 0.15) is 37.9 Å². The number of nitrogens with zero attached hydrogens (tertiary/aromatic N) is 4. The third-order valence-corrected chi connectivity index (χ3v) is 4.82. The van der Waals surface area contributed by atoms with Crippen molar-refractivity contribution < 1.29 is 9.59 Å². The number of anilines is 1. The zero-order chi connectivity index (χ0) is 19.3. The van der Waals surface area contributed by atoms with Gasteiger partial charge in [-0.2, -0.15) is 0 Å². The number of benzene rings is 1. The molecule has 1 unspecified atom stereocenters. The van der Waals surface area contributed by atoms with Gasteiger partial charge < -0.3 is 10.6 Å². The van der Waals surface area contributed by atoms with Crippen LogP contribution in [0.2, 0.25) is 0 Å². The van der Waals surface area contributed by atoms with Crippen LogP contribution in [0.15, 0.2) is 23.4 Å². The minimum absolute atomic E-state index is 0.0906. The maximum absolute atomic E-state index is 12.3. The SMILES string of the molecule is Cc1cccc(C)c1NC(=O)CNC(=O)C(C)Sc1nnnn1C(C)C. The van der Waals surface area contributed by atoms with E-state index in [0.717, 1.165) is 16.8 Å². The Labute approximate surface area is 157 Å². The topological polar surface area (TPSA) is 102 Å². The number of aryl methyl sites for hydroxylation is 2. The van der Waals surface area contributed by atoms with Gasteiger partial charge in [0.05, 0.1) is 17.8 Å². The second-order valence-electron chi connectivity index (χ2n) is 6.29. The van der Waals surface area contributed by atoms with Crippen LogP contribution in [0, 0.1) is 13.8 Å². The molecular weight excluding hydrogens is 352 g/mol. The molecule has 0 saturated heterocycles. The maximum Gasteiger partial charge on any atom is 0.243 e. The predicted molar refractivity (Wildman–Crippen MR) is 101 cm³/mol. The molecule has 9 heteroatoms. The van der Waals surface area contributed by atoms with E-state index in [9.17, 15) is 9.59 Å². The first kappa shape index (κ1) is 19.9. The number of rotatable bonds is 7. The van der Waals surface area contributed by atoms with Crippen LogP contribution in [0.5, 0.6) is 0 Å². The summed E-state index contributed by atoms with van der Waals surface area (Å²) in [5.41, 5.74) is 2.74. The molecule has 8 nitrogen and oxygen atoms in total. The average Bonchev–Trinajstić information content (AvgIpc) is 3.04. The highest BCUT2D eigenvalue weighted by atomic mass is 32.2. The third-order valence-electron chi connectivity index (χ3n) is 3.77. The normalized spacial score (nSPS) is 12.1. The highest BCUT2D eigenvalue weighted by Gasteiger charge is 2.20. The van der Waals surface area contributed by atoms with Crippen molar-refractivity contribution in [2.45, 2.75) is 51.1 Å². The summed E-state index contributed by atoms with van der Waals surface area (Å²) in [6.45, 7) is 9.44. The zero-order valence-electron chi connectivity index (χ0n) is 15.6. The van der Waals surface area contributed by atoms with Gasteiger partial charge in [0.1, 0.15) is 0 Å². The summed E-state index contributed by atoms with van der Waals surface area (Å²) in [6, 6.07) is 5.90. The van der Waals surface area contributed by atoms with E-state index in [2.05, 4.69) is 26.2 Å². The van der Waals surface area contributed by atoms with E-state index < -0.39 is 5.25 Å². The Hall–Kier alpha value is -2.42. The van der Waals surface area contributed by atoms with Crippen molar-refractivity contribution in [3.8, 4) is 0 Å². The summed E-state index contributed by atoms with van der Waals surface area (Å²) in [5.74, 6) is -0.509. The number of carbonyl (C=O) groups excluding carboxylic acids is 2. The molecule has 0 saturated carbocycles. The third kappa shape index (κ3) is 5.04. The molecule has 2 amide bonds. The van der Waals surface area contributed by atoms with Crippen LogP contribution >= 0.6 is 11.8 Å². The first-order valence-corrected chi connectivity index (χ1v) is 9.25. The molecule has 26 heavy (non-hydrogen) atoms. The summed E-state index contributed by atoms with van der Waals surface area (Å²) < 4.78 is 1.65. The van der Waals surface area contributed by atoms with Crippen LogP contribution in [0.3, 0.4) is 0 Å². The Morgan fingerprint density at radius 3 is 2.46 bits per heavy atom. The van der Waals surface area contributed by atoms with Gasteiger partial charge in [0.25, 0.3) is 0 Å². The van der Waals surface area contributed by atoms with Crippen LogP contribution in [-0.4, -0.2) is 43.8 Å². The molecule has 0 aliphatic carbocycles. The monoisotopic (exact) mass is 376 g/mol. The molecular formula is C17H24N6O2S. The van der Waals surface area contributed by atoms with E-state index in [1.165, 1.54) is 11.8 Å². The molecule has 0 aliphatic heterocycles. The minimum Gasteiger partial charge on any atom is -0.346 e. The number of para-hydroxylation sites is 1. The smallest absolute Gasteiger partial charge is 0.243 e. The van der Waals surface area contributed by atoms with Gasteiger partial charge in [0.15, 0.2) is 0 Å². The molecule has 1 atom stereocenters. The van der Waals surface area contributed by atoms with Gasteiger partial charge in [-0.3, -0.25) is 9.59 Å². The summed E-state index contributed by atoms with van der Waals surface area (Å²) >= 11 is 1.26. The van der Waals surface area contributed by atoms with E-state index in [4.69, 9.17) is 0 Å². The quantitative estimate of drug-likeness (QED) is 0.718. The van der Waals surface area contributed by atoms with Gasteiger partial charge in [-0.1, -0.05) is 30.0 Å². The van der Waals surface area contributed by atoms with E-state index in [1.54, 1.807) is 11.6 Å². The first-order chi connectivity index (χ1) is 12.3. The van der Waals surface area contributed by atoms with Gasteiger partial charge in [0.2, 0.25) is 17.0 Å². The van der Waals surface area contributed by atoms with Crippen molar-refractivity contribution in [3.05, 3.63) is 29.3 Å². The van der Waals surface area contributed by atoms with Gasteiger partial charge in [-0.25, -0.2) is 4.68 Å². The lowest BCUT2D eigenvalue weighted by Gasteiger charge is -2.14. The number of thioether (sulfide) groups is 1. The Kier molecular flexibility index (Phi) is 6.73. The van der Waals surface area contributed by atoms with Crippen LogP contribution in [0.25, 0.3) is 0 Å². The van der Waals surface area contributed by atoms with Gasteiger partial charge in [-0.05, 0) is 56.2 Å². The second kappa shape index (κ2) is 8.79. The van der Waals surface area contributed by atoms with E-state index in [1.807, 2.05) is 45.9 Å². The molecule has 0 spiro atoms. The number of aromatic nitrogens is 4. The molecule has 140 valence electrons. The fraction of sp³-hybridized carbons (Fsp3) is 0.471. The Bertz CT molecular complexity index is 769. The molecule has 0 radical (unpaired) electrons. The Morgan fingerprint density at radius 2 is 1.85 bits per heavy atom. The fourth-order valence-electron chi connectivity index (χ4n) is 2.31. The Balaban J connectivity index is 1.87. The molecule has 2 rings (SSSR count). The van der Waals surface area contributed by atoms with Gasteiger partial charge >= 0.3 is 0 Å². The number of tetrazole rings is 1. The molecule has 1 aromatic heterocycles. The Morgan fingerprint density at radius 1 is 1.19 bits per heavy atom. The van der Waals surface area contributed by atoms with Gasteiger partial charge in [0, 0.05) is 5.69 Å². The molecule has 2 aromatic rings. The van der Waals surface area contributed by atoms with Crippen molar-refractivity contribution in [1.82, 2.24) is 25.5 Å². The summed E-state index contributed by atoms with van der Waals surface area (Å²) in [6.07, 6.45) is 0. The predicted octanol–water partition coefficient (Wildman–Crippen LogP) is 2.11. The molecule has 1 aromatic carbocycles. The van der Waals surface area contributed by atoms with Gasteiger partial charge in [-0.15, -0.1) is 5.10 Å². The lowest BCUT2D eigenvalue weighted by atomic mass is 10.1. The summed E-state index contributed by atoms with van der Waals surface area (Å²) in [5, 5.41) is 17.1. The second-order valence-corrected chi connectivity index (χ2v) is 7.60. The number of nitrogens with one attached hydrogen (secondary N) is 2. The number of hydrogen-bond acceptors (Lipinski definition) is 6. The number of hydrogen-bond donors (Lipinski definition) is 2. The van der Waals surface area contributed by atoms with Crippen LogP contribution in [0.4, 0.5) is 5.69 Å². The number of amides is 2. The molecule has 0 aliphatic rings. The van der Waals surface area contributed by atoms with Crippen molar-refractivity contribution in [2.24, 2.45) is 0 Å². The molecule has 2 N–H and O–H groups in total. The van der Waals surface area contributed by atoms with Crippen molar-refractivity contribution in [3.63, 3.8) is 0 Å². The summed E-state index contributed by atoms with van der Waals surface area (Å²) in [4.78, 5) is 24.4. The molecule has 0 fully saturated rings. The maximum atomic E-state index is 12.3. The highest BCUT2D eigenvalue weighted by molar-refractivity contribution is 8.00. The minimum atomic E-state index is -0.425. The zero-order valence-corrected chi connectivity index (χ0v) is 16.4. The van der Waals surface area contributed by atoms with Crippen LogP contribution in [-0.2, 0) is 9.59 Å². The first-order valence-electron chi connectivity index (χ1n) is 8.38. The standard InChI is InChI=1S/C17H24N6O2S/c1-10(2)23-17(20-21-22-23)26-13(5)16(25)18-9-14(24)19-15-11(3)7-6-8-12(15)4/h6-8,10,13H,9H2,1-5H3,(H,18,25)(H,19,24). The summed E-state index contributed by atoms with van der Waals surface area (Å²) in [7, 11) is 0. The largest absolute Gasteiger partial charge is 0.346 e. The van der Waals surface area contributed by atoms with E-state index in [0.29, 0.717) is 5.16 Å². The fourth-order valence-corrected chi connectivity index (χ4v) is 3.25. The molecule has 0 bridgehead atoms. The molecule has 1 heterocycles. The van der Waals surface area contributed by atoms with Crippen molar-refractivity contribution in [2.75, 3.05) is 11.9 Å². The number of carbonyl (C=O) groups is 2. The van der Waals surface area contributed by atoms with Crippen molar-refractivity contribution in [1.29, 1.82) is 0 Å². The van der Waals surface area contributed by atoms with E-state index >= 15 is 0 Å². The van der Waals surface area contributed by atoms with Crippen LogP contribution < -0.4 is 10.6 Å². The highest BCUT2D eigenvalue weighted by Crippen LogP contribution is 2.22. The average molecular weight is 376 g/mol. The lowest BCUT2D eigenvalue weighted by molar-refractivity contribution is -0.123.